The van der Waals surface area contributed by atoms with Crippen LogP contribution in [0.4, 0.5) is 5.69 Å². The lowest BCUT2D eigenvalue weighted by molar-refractivity contribution is -0.125. The smallest absolute Gasteiger partial charge is 0.338 e. The first-order valence-electron chi connectivity index (χ1n) is 11.5. The Labute approximate surface area is 198 Å². The summed E-state index contributed by atoms with van der Waals surface area (Å²) < 4.78 is 4.97. The molecule has 0 aliphatic carbocycles. The molecule has 9 heteroatoms. The molecule has 178 valence electrons. The van der Waals surface area contributed by atoms with Crippen molar-refractivity contribution >= 4 is 29.4 Å². The average Bonchev–Trinajstić information content (AvgIpc) is 2.85. The van der Waals surface area contributed by atoms with Crippen LogP contribution in [0.25, 0.3) is 0 Å². The number of hydrogen-bond acceptors (Lipinski definition) is 7. The minimum absolute atomic E-state index is 0.00971. The largest absolute Gasteiger partial charge is 0.462 e. The van der Waals surface area contributed by atoms with Crippen molar-refractivity contribution in [3.63, 3.8) is 0 Å². The molecule has 1 saturated heterocycles. The van der Waals surface area contributed by atoms with Crippen molar-refractivity contribution < 1.29 is 19.1 Å². The molecule has 2 aromatic rings. The molecule has 0 bridgehead atoms. The van der Waals surface area contributed by atoms with Gasteiger partial charge in [-0.15, -0.1) is 0 Å². The Morgan fingerprint density at radius 2 is 1.76 bits per heavy atom. The van der Waals surface area contributed by atoms with E-state index in [0.29, 0.717) is 23.8 Å². The highest BCUT2D eigenvalue weighted by Gasteiger charge is 2.30. The van der Waals surface area contributed by atoms with E-state index in [0.717, 1.165) is 32.7 Å². The van der Waals surface area contributed by atoms with E-state index < -0.39 is 12.0 Å². The summed E-state index contributed by atoms with van der Waals surface area (Å²) in [7, 11) is 0. The van der Waals surface area contributed by atoms with Gasteiger partial charge in [0.05, 0.1) is 18.6 Å². The fraction of sp³-hybridized carbons (Fsp3) is 0.360. The molecule has 2 aromatic carbocycles. The maximum Gasteiger partial charge on any atom is 0.338 e. The monoisotopic (exact) mass is 463 g/mol. The molecule has 2 N–H and O–H groups in total. The third-order valence-corrected chi connectivity index (χ3v) is 5.80. The number of carbonyl (C=O) groups is 3. The van der Waals surface area contributed by atoms with Crippen molar-refractivity contribution in [1.82, 2.24) is 15.1 Å². The fourth-order valence-electron chi connectivity index (χ4n) is 3.98. The van der Waals surface area contributed by atoms with E-state index >= 15 is 0 Å². The second kappa shape index (κ2) is 10.9. The van der Waals surface area contributed by atoms with Crippen molar-refractivity contribution in [3.8, 4) is 0 Å². The third-order valence-electron chi connectivity index (χ3n) is 5.80. The minimum Gasteiger partial charge on any atom is -0.462 e. The normalized spacial score (nSPS) is 18.6. The first kappa shape index (κ1) is 23.4. The summed E-state index contributed by atoms with van der Waals surface area (Å²) in [6, 6.07) is 15.9. The zero-order chi connectivity index (χ0) is 23.9. The zero-order valence-electron chi connectivity index (χ0n) is 19.2. The number of amides is 2. The summed E-state index contributed by atoms with van der Waals surface area (Å²) in [6.07, 6.45) is -0.00971. The van der Waals surface area contributed by atoms with Gasteiger partial charge < -0.3 is 15.0 Å². The van der Waals surface area contributed by atoms with Crippen molar-refractivity contribution in [2.45, 2.75) is 25.9 Å². The van der Waals surface area contributed by atoms with Crippen LogP contribution >= 0.6 is 0 Å². The van der Waals surface area contributed by atoms with Gasteiger partial charge in [0.15, 0.2) is 0 Å². The molecule has 34 heavy (non-hydrogen) atoms. The van der Waals surface area contributed by atoms with Crippen molar-refractivity contribution in [3.05, 3.63) is 65.7 Å². The van der Waals surface area contributed by atoms with Crippen molar-refractivity contribution in [1.29, 1.82) is 0 Å². The van der Waals surface area contributed by atoms with Crippen LogP contribution in [0.15, 0.2) is 59.6 Å². The van der Waals surface area contributed by atoms with E-state index in [1.165, 1.54) is 5.56 Å². The number of nitrogens with zero attached hydrogens (tertiary/aromatic N) is 3. The number of nitrogens with one attached hydrogen (secondary N) is 2. The lowest BCUT2D eigenvalue weighted by atomic mass is 10.1. The number of rotatable bonds is 6. The van der Waals surface area contributed by atoms with Gasteiger partial charge in [0.1, 0.15) is 6.04 Å². The highest BCUT2D eigenvalue weighted by molar-refractivity contribution is 6.06. The van der Waals surface area contributed by atoms with E-state index in [1.807, 2.05) is 23.1 Å². The number of hydrogen-bond donors (Lipinski definition) is 2. The van der Waals surface area contributed by atoms with Crippen LogP contribution in [-0.2, 0) is 20.9 Å². The second-order valence-corrected chi connectivity index (χ2v) is 8.26. The SMILES string of the molecule is CCOC(=O)c1ccc(NC(=O)[C@H]2CC(=O)NC(N3CCN(Cc4ccccc4)CC3)=N2)cc1. The number of esters is 1. The second-order valence-electron chi connectivity index (χ2n) is 8.26. The van der Waals surface area contributed by atoms with Gasteiger partial charge in [0.2, 0.25) is 17.8 Å². The van der Waals surface area contributed by atoms with Gasteiger partial charge >= 0.3 is 5.97 Å². The predicted molar refractivity (Wildman–Crippen MR) is 128 cm³/mol. The number of guanidine groups is 1. The molecule has 0 spiro atoms. The van der Waals surface area contributed by atoms with Gasteiger partial charge in [0.25, 0.3) is 0 Å². The van der Waals surface area contributed by atoms with E-state index in [4.69, 9.17) is 4.74 Å². The Kier molecular flexibility index (Phi) is 7.54. The van der Waals surface area contributed by atoms with Crippen LogP contribution in [0.5, 0.6) is 0 Å². The molecular formula is C25H29N5O4. The van der Waals surface area contributed by atoms with Gasteiger partial charge in [0, 0.05) is 38.4 Å². The Balaban J connectivity index is 1.34. The molecular weight excluding hydrogens is 434 g/mol. The number of piperazine rings is 1. The molecule has 1 fully saturated rings. The summed E-state index contributed by atoms with van der Waals surface area (Å²) in [5.41, 5.74) is 2.20. The molecule has 0 aromatic heterocycles. The fourth-order valence-corrected chi connectivity index (χ4v) is 3.98. The number of carbonyl (C=O) groups excluding carboxylic acids is 3. The molecule has 2 amide bonds. The molecule has 2 aliphatic heterocycles. The maximum absolute atomic E-state index is 12.8. The highest BCUT2D eigenvalue weighted by atomic mass is 16.5. The topological polar surface area (TPSA) is 103 Å². The van der Waals surface area contributed by atoms with Crippen molar-refractivity contribution in [2.75, 3.05) is 38.1 Å². The molecule has 2 aliphatic rings. The minimum atomic E-state index is -0.809. The summed E-state index contributed by atoms with van der Waals surface area (Å²) >= 11 is 0. The summed E-state index contributed by atoms with van der Waals surface area (Å²) in [4.78, 5) is 45.8. The average molecular weight is 464 g/mol. The van der Waals surface area contributed by atoms with Crippen LogP contribution in [0.2, 0.25) is 0 Å². The van der Waals surface area contributed by atoms with Crippen LogP contribution in [0.1, 0.15) is 29.3 Å². The molecule has 9 nitrogen and oxygen atoms in total. The van der Waals surface area contributed by atoms with Crippen LogP contribution in [0, 0.1) is 0 Å². The van der Waals surface area contributed by atoms with Gasteiger partial charge in [-0.2, -0.15) is 0 Å². The van der Waals surface area contributed by atoms with E-state index in [-0.39, 0.29) is 18.2 Å². The molecule has 4 rings (SSSR count). The predicted octanol–water partition coefficient (Wildman–Crippen LogP) is 1.86. The summed E-state index contributed by atoms with van der Waals surface area (Å²) in [5.74, 6) is -0.552. The number of aliphatic imine (C=N–C) groups is 1. The van der Waals surface area contributed by atoms with Gasteiger partial charge in [-0.25, -0.2) is 9.79 Å². The number of ether oxygens (including phenoxy) is 1. The Bertz CT molecular complexity index is 1050. The van der Waals surface area contributed by atoms with Gasteiger partial charge in [-0.05, 0) is 36.8 Å². The quantitative estimate of drug-likeness (QED) is 0.634. The van der Waals surface area contributed by atoms with E-state index in [1.54, 1.807) is 31.2 Å². The van der Waals surface area contributed by atoms with Gasteiger partial charge in [-0.1, -0.05) is 30.3 Å². The third kappa shape index (κ3) is 5.99. The molecule has 2 heterocycles. The lowest BCUT2D eigenvalue weighted by Crippen LogP contribution is -2.56. The van der Waals surface area contributed by atoms with E-state index in [9.17, 15) is 14.4 Å². The molecule has 1 atom stereocenters. The Hall–Kier alpha value is -3.72. The number of benzene rings is 2. The Morgan fingerprint density at radius 3 is 2.44 bits per heavy atom. The van der Waals surface area contributed by atoms with Crippen LogP contribution < -0.4 is 10.6 Å². The Morgan fingerprint density at radius 1 is 1.06 bits per heavy atom. The number of anilines is 1. The van der Waals surface area contributed by atoms with Crippen LogP contribution in [0.3, 0.4) is 0 Å². The molecule has 0 radical (unpaired) electrons. The van der Waals surface area contributed by atoms with Crippen molar-refractivity contribution in [2.24, 2.45) is 4.99 Å². The van der Waals surface area contributed by atoms with Crippen LogP contribution in [-0.4, -0.2) is 72.4 Å². The summed E-state index contributed by atoms with van der Waals surface area (Å²) in [5, 5.41) is 5.60. The highest BCUT2D eigenvalue weighted by Crippen LogP contribution is 2.15. The van der Waals surface area contributed by atoms with E-state index in [2.05, 4.69) is 32.7 Å². The lowest BCUT2D eigenvalue weighted by Gasteiger charge is -2.37. The first-order chi connectivity index (χ1) is 16.5. The van der Waals surface area contributed by atoms with Gasteiger partial charge in [-0.3, -0.25) is 19.8 Å². The standard InChI is InChI=1S/C25H29N5O4/c1-2-34-24(33)19-8-10-20(11-9-19)26-23(32)21-16-22(31)28-25(27-21)30-14-12-29(13-15-30)17-18-6-4-3-5-7-18/h3-11,21H,2,12-17H2,1H3,(H,26,32)(H,27,28,31)/t21-/m1/s1. The first-order valence-corrected chi connectivity index (χ1v) is 11.5. The summed E-state index contributed by atoms with van der Waals surface area (Å²) in [6.45, 7) is 6.04. The maximum atomic E-state index is 12.8. The molecule has 0 saturated carbocycles. The zero-order valence-corrected chi connectivity index (χ0v) is 19.2. The molecule has 0 unspecified atom stereocenters.